The van der Waals surface area contributed by atoms with Crippen LogP contribution in [0.1, 0.15) is 5.56 Å². The van der Waals surface area contributed by atoms with Crippen molar-refractivity contribution in [1.29, 1.82) is 0 Å². The van der Waals surface area contributed by atoms with Crippen LogP contribution in [0, 0.1) is 0 Å². The van der Waals surface area contributed by atoms with E-state index < -0.39 is 0 Å². The fraction of sp³-hybridized carbons (Fsp3) is 0.111. The van der Waals surface area contributed by atoms with E-state index in [0.29, 0.717) is 10.9 Å². The van der Waals surface area contributed by atoms with Crippen LogP contribution in [0.2, 0.25) is 0 Å². The largest absolute Gasteiger partial charge is 0.300 e. The average molecular weight is 224 g/mol. The van der Waals surface area contributed by atoms with E-state index in [1.165, 1.54) is 11.8 Å². The molecular formula is C9H8N2OS2. The van der Waals surface area contributed by atoms with Crippen molar-refractivity contribution >= 4 is 40.2 Å². The van der Waals surface area contributed by atoms with Gasteiger partial charge in [0, 0.05) is 0 Å². The highest BCUT2D eigenvalue weighted by molar-refractivity contribution is 8.13. The van der Waals surface area contributed by atoms with Gasteiger partial charge in [0.1, 0.15) is 5.70 Å². The summed E-state index contributed by atoms with van der Waals surface area (Å²) in [6.45, 7) is 0. The van der Waals surface area contributed by atoms with Gasteiger partial charge in [-0.25, -0.2) is 4.99 Å². The first kappa shape index (κ1) is 9.48. The number of nitrogens with one attached hydrogen (secondary N) is 1. The zero-order chi connectivity index (χ0) is 9.97. The van der Waals surface area contributed by atoms with Crippen molar-refractivity contribution in [2.75, 3.05) is 6.26 Å². The van der Waals surface area contributed by atoms with Gasteiger partial charge in [0.05, 0.1) is 0 Å². The van der Waals surface area contributed by atoms with Gasteiger partial charge in [-0.2, -0.15) is 11.3 Å². The van der Waals surface area contributed by atoms with Crippen molar-refractivity contribution < 1.29 is 4.79 Å². The molecule has 1 aromatic heterocycles. The fourth-order valence-corrected chi connectivity index (χ4v) is 2.06. The number of carbonyl (C=O) groups is 1. The van der Waals surface area contributed by atoms with Gasteiger partial charge in [-0.15, -0.1) is 0 Å². The van der Waals surface area contributed by atoms with Crippen LogP contribution in [-0.4, -0.2) is 17.3 Å². The molecule has 2 rings (SSSR count). The van der Waals surface area contributed by atoms with Crippen molar-refractivity contribution in [2.45, 2.75) is 0 Å². The molecule has 0 spiro atoms. The zero-order valence-corrected chi connectivity index (χ0v) is 9.11. The topological polar surface area (TPSA) is 41.5 Å². The Bertz CT molecular complexity index is 406. The Morgan fingerprint density at radius 1 is 1.64 bits per heavy atom. The average Bonchev–Trinajstić information content (AvgIpc) is 2.78. The third kappa shape index (κ3) is 1.88. The summed E-state index contributed by atoms with van der Waals surface area (Å²) in [7, 11) is 0. The lowest BCUT2D eigenvalue weighted by molar-refractivity contribution is -0.115. The summed E-state index contributed by atoms with van der Waals surface area (Å²) in [6.07, 6.45) is 3.67. The van der Waals surface area contributed by atoms with E-state index in [1.807, 2.05) is 23.1 Å². The van der Waals surface area contributed by atoms with Gasteiger partial charge < -0.3 is 0 Å². The number of aliphatic imine (C=N–C) groups is 1. The highest BCUT2D eigenvalue weighted by Crippen LogP contribution is 2.16. The van der Waals surface area contributed by atoms with Gasteiger partial charge >= 0.3 is 0 Å². The lowest BCUT2D eigenvalue weighted by atomic mass is 10.3. The van der Waals surface area contributed by atoms with Crippen LogP contribution in [0.3, 0.4) is 0 Å². The van der Waals surface area contributed by atoms with Crippen LogP contribution in [0.15, 0.2) is 27.5 Å². The molecule has 72 valence electrons. The second-order valence-electron chi connectivity index (χ2n) is 2.66. The molecule has 0 aromatic carbocycles. The molecule has 0 saturated carbocycles. The summed E-state index contributed by atoms with van der Waals surface area (Å²) in [5, 5.41) is 7.29. The zero-order valence-electron chi connectivity index (χ0n) is 7.48. The molecule has 0 atom stereocenters. The standard InChI is InChI=1S/C9H8N2OS2/c1-13-9-10-7(8(12)11-9)4-6-2-3-14-5-6/h2-5H,1H3,(H,10,11,12)/b7-4-. The normalized spacial score (nSPS) is 18.5. The van der Waals surface area contributed by atoms with Gasteiger partial charge in [-0.05, 0) is 34.7 Å². The summed E-state index contributed by atoms with van der Waals surface area (Å²) in [5.74, 6) is -0.124. The van der Waals surface area contributed by atoms with Crippen LogP contribution in [-0.2, 0) is 4.79 Å². The van der Waals surface area contributed by atoms with E-state index in [9.17, 15) is 4.79 Å². The maximum atomic E-state index is 11.4. The first-order chi connectivity index (χ1) is 6.79. The first-order valence-electron chi connectivity index (χ1n) is 3.97. The minimum Gasteiger partial charge on any atom is -0.300 e. The van der Waals surface area contributed by atoms with Crippen LogP contribution in [0.4, 0.5) is 0 Å². The number of hydrogen-bond donors (Lipinski definition) is 1. The number of nitrogens with zero attached hydrogens (tertiary/aromatic N) is 1. The second kappa shape index (κ2) is 3.98. The molecule has 3 nitrogen and oxygen atoms in total. The molecule has 1 aliphatic rings. The Morgan fingerprint density at radius 3 is 3.07 bits per heavy atom. The van der Waals surface area contributed by atoms with Crippen LogP contribution >= 0.6 is 23.1 Å². The maximum Gasteiger partial charge on any atom is 0.275 e. The molecule has 0 unspecified atom stereocenters. The highest BCUT2D eigenvalue weighted by atomic mass is 32.2. The lowest BCUT2D eigenvalue weighted by Crippen LogP contribution is -2.21. The second-order valence-corrected chi connectivity index (χ2v) is 4.24. The maximum absolute atomic E-state index is 11.4. The molecular weight excluding hydrogens is 216 g/mol. The van der Waals surface area contributed by atoms with Crippen molar-refractivity contribution in [1.82, 2.24) is 5.32 Å². The Labute approximate surface area is 89.9 Å². The number of thiophene rings is 1. The van der Waals surface area contributed by atoms with Gasteiger partial charge in [0.2, 0.25) is 0 Å². The summed E-state index contributed by atoms with van der Waals surface area (Å²) < 4.78 is 0. The van der Waals surface area contributed by atoms with E-state index in [2.05, 4.69) is 10.3 Å². The van der Waals surface area contributed by atoms with Crippen molar-refractivity contribution in [2.24, 2.45) is 4.99 Å². The van der Waals surface area contributed by atoms with Crippen molar-refractivity contribution in [3.05, 3.63) is 28.1 Å². The van der Waals surface area contributed by atoms with E-state index in [1.54, 1.807) is 17.4 Å². The van der Waals surface area contributed by atoms with Crippen molar-refractivity contribution in [3.8, 4) is 0 Å². The predicted molar refractivity (Wildman–Crippen MR) is 61.4 cm³/mol. The smallest absolute Gasteiger partial charge is 0.275 e. The lowest BCUT2D eigenvalue weighted by Gasteiger charge is -1.90. The van der Waals surface area contributed by atoms with E-state index in [4.69, 9.17) is 0 Å². The Kier molecular flexibility index (Phi) is 2.69. The quantitative estimate of drug-likeness (QED) is 0.741. The molecule has 5 heteroatoms. The number of thioether (sulfide) groups is 1. The summed E-state index contributed by atoms with van der Waals surface area (Å²) >= 11 is 3.03. The van der Waals surface area contributed by atoms with Gasteiger partial charge in [-0.1, -0.05) is 11.8 Å². The molecule has 1 aliphatic heterocycles. The van der Waals surface area contributed by atoms with E-state index in [0.717, 1.165) is 5.56 Å². The Hall–Kier alpha value is -1.07. The molecule has 0 saturated heterocycles. The van der Waals surface area contributed by atoms with Crippen LogP contribution in [0.25, 0.3) is 6.08 Å². The summed E-state index contributed by atoms with van der Waals surface area (Å²) in [5.41, 5.74) is 1.50. The first-order valence-corrected chi connectivity index (χ1v) is 6.14. The molecule has 2 heterocycles. The minimum atomic E-state index is -0.124. The molecule has 0 radical (unpaired) electrons. The summed E-state index contributed by atoms with van der Waals surface area (Å²) in [6, 6.07) is 1.96. The number of amidine groups is 1. The molecule has 0 fully saturated rings. The third-order valence-corrected chi connectivity index (χ3v) is 3.00. The number of rotatable bonds is 1. The Balaban J connectivity index is 2.27. The molecule has 1 N–H and O–H groups in total. The number of hydrogen-bond acceptors (Lipinski definition) is 4. The molecule has 14 heavy (non-hydrogen) atoms. The SMILES string of the molecule is CSC1=N/C(=C\c2ccsc2)C(=O)N1. The minimum absolute atomic E-state index is 0.124. The predicted octanol–water partition coefficient (Wildman–Crippen LogP) is 1.94. The van der Waals surface area contributed by atoms with Gasteiger partial charge in [0.15, 0.2) is 5.17 Å². The van der Waals surface area contributed by atoms with Crippen molar-refractivity contribution in [3.63, 3.8) is 0 Å². The van der Waals surface area contributed by atoms with Gasteiger partial charge in [-0.3, -0.25) is 10.1 Å². The molecule has 1 aromatic rings. The number of amides is 1. The van der Waals surface area contributed by atoms with Crippen LogP contribution < -0.4 is 5.32 Å². The molecule has 1 amide bonds. The van der Waals surface area contributed by atoms with Gasteiger partial charge in [0.25, 0.3) is 5.91 Å². The molecule has 0 bridgehead atoms. The fourth-order valence-electron chi connectivity index (χ4n) is 1.06. The van der Waals surface area contributed by atoms with Crippen LogP contribution in [0.5, 0.6) is 0 Å². The number of carbonyl (C=O) groups excluding carboxylic acids is 1. The molecule has 0 aliphatic carbocycles. The van der Waals surface area contributed by atoms with E-state index >= 15 is 0 Å². The van der Waals surface area contributed by atoms with E-state index in [-0.39, 0.29) is 5.91 Å². The highest BCUT2D eigenvalue weighted by Gasteiger charge is 2.18. The summed E-state index contributed by atoms with van der Waals surface area (Å²) in [4.78, 5) is 15.5. The monoisotopic (exact) mass is 224 g/mol. The third-order valence-electron chi connectivity index (χ3n) is 1.72. The Morgan fingerprint density at radius 2 is 2.50 bits per heavy atom.